The van der Waals surface area contributed by atoms with Gasteiger partial charge in [0.2, 0.25) is 0 Å². The summed E-state index contributed by atoms with van der Waals surface area (Å²) in [7, 11) is -2.01. The monoisotopic (exact) mass is 624 g/mol. The van der Waals surface area contributed by atoms with Crippen molar-refractivity contribution in [3.05, 3.63) is 182 Å². The number of rotatable bonds is 11. The van der Waals surface area contributed by atoms with E-state index in [0.717, 1.165) is 6.16 Å². The molecule has 0 radical (unpaired) electrons. The van der Waals surface area contributed by atoms with Gasteiger partial charge in [0.25, 0.3) is 0 Å². The van der Waals surface area contributed by atoms with Crippen LogP contribution < -0.4 is 31.8 Å². The second kappa shape index (κ2) is 14.6. The molecule has 2 unspecified atom stereocenters. The van der Waals surface area contributed by atoms with E-state index in [1.807, 2.05) is 0 Å². The summed E-state index contributed by atoms with van der Waals surface area (Å²) in [5, 5.41) is 8.68. The van der Waals surface area contributed by atoms with Gasteiger partial charge >= 0.3 is 0 Å². The Morgan fingerprint density at radius 1 is 0.409 bits per heavy atom. The molecule has 6 aromatic carbocycles. The molecule has 0 fully saturated rings. The molecule has 3 heteroatoms. The van der Waals surface area contributed by atoms with E-state index < -0.39 is 23.8 Å². The lowest BCUT2D eigenvalue weighted by Crippen LogP contribution is -2.46. The van der Waals surface area contributed by atoms with Crippen molar-refractivity contribution < 1.29 is 0 Å². The van der Waals surface area contributed by atoms with Crippen LogP contribution in [-0.2, 0) is 0 Å². The molecule has 0 N–H and O–H groups in total. The van der Waals surface area contributed by atoms with Crippen molar-refractivity contribution >= 4 is 55.6 Å². The van der Waals surface area contributed by atoms with Gasteiger partial charge < -0.3 is 0 Å². The maximum Gasteiger partial charge on any atom is 0.00733 e. The molecule has 0 amide bonds. The van der Waals surface area contributed by atoms with Gasteiger partial charge in [-0.25, -0.2) is 0 Å². The van der Waals surface area contributed by atoms with Crippen LogP contribution in [0.3, 0.4) is 0 Å². The summed E-state index contributed by atoms with van der Waals surface area (Å²) >= 11 is 0. The van der Waals surface area contributed by atoms with E-state index in [-0.39, 0.29) is 5.16 Å². The van der Waals surface area contributed by atoms with Crippen LogP contribution in [0, 0.1) is 0 Å². The molecule has 0 saturated carbocycles. The molecular weight excluding hydrogens is 585 g/mol. The van der Waals surface area contributed by atoms with E-state index in [0.29, 0.717) is 5.66 Å². The van der Waals surface area contributed by atoms with Crippen molar-refractivity contribution in [1.29, 1.82) is 0 Å². The Bertz CT molecular complexity index is 1580. The molecule has 6 aromatic rings. The molecule has 2 atom stereocenters. The van der Waals surface area contributed by atoms with Crippen molar-refractivity contribution in [3.63, 3.8) is 0 Å². The zero-order valence-electron chi connectivity index (χ0n) is 25.4. The average molecular weight is 625 g/mol. The Morgan fingerprint density at radius 3 is 1.00 bits per heavy atom. The molecule has 44 heavy (non-hydrogen) atoms. The first-order valence-electron chi connectivity index (χ1n) is 15.3. The van der Waals surface area contributed by atoms with E-state index in [4.69, 9.17) is 0 Å². The largest absolute Gasteiger partial charge is 0.0622 e. The van der Waals surface area contributed by atoms with Crippen LogP contribution in [0.1, 0.15) is 13.8 Å². The minimum atomic E-state index is -0.730. The predicted octanol–water partition coefficient (Wildman–Crippen LogP) is 8.53. The van der Waals surface area contributed by atoms with Crippen LogP contribution in [0.4, 0.5) is 0 Å². The minimum Gasteiger partial charge on any atom is -0.0622 e. The first-order chi connectivity index (χ1) is 21.6. The van der Waals surface area contributed by atoms with Gasteiger partial charge in [0, 0.05) is 5.16 Å². The van der Waals surface area contributed by atoms with E-state index in [9.17, 15) is 0 Å². The zero-order valence-corrected chi connectivity index (χ0v) is 28.1. The van der Waals surface area contributed by atoms with Gasteiger partial charge in [-0.05, 0) is 67.4 Å². The summed E-state index contributed by atoms with van der Waals surface area (Å²) in [6, 6.07) is 67.9. The van der Waals surface area contributed by atoms with Crippen LogP contribution in [0.5, 0.6) is 0 Å². The first-order valence-corrected chi connectivity index (χ1v) is 19.6. The Morgan fingerprint density at radius 2 is 0.682 bits per heavy atom. The summed E-state index contributed by atoms with van der Waals surface area (Å²) < 4.78 is 0. The quantitative estimate of drug-likeness (QED) is 0.127. The lowest BCUT2D eigenvalue weighted by molar-refractivity contribution is 0.696. The normalized spacial score (nSPS) is 13.6. The number of hydrogen-bond donors (Lipinski definition) is 0. The lowest BCUT2D eigenvalue weighted by Gasteiger charge is -2.48. The molecule has 0 aliphatic rings. The first kappa shape index (κ1) is 30.6. The molecule has 0 aromatic heterocycles. The lowest BCUT2D eigenvalue weighted by atomic mass is 10.1. The summed E-state index contributed by atoms with van der Waals surface area (Å²) in [5.41, 5.74) is 0.395. The van der Waals surface area contributed by atoms with Crippen LogP contribution >= 0.6 is 23.8 Å². The fraction of sp³-hybridized carbons (Fsp3) is 0.122. The molecule has 0 aliphatic heterocycles. The average Bonchev–Trinajstić information content (AvgIpc) is 3.10. The zero-order chi connectivity index (χ0) is 30.2. The molecule has 6 rings (SSSR count). The van der Waals surface area contributed by atoms with Crippen molar-refractivity contribution in [3.8, 4) is 0 Å². The molecule has 0 bridgehead atoms. The summed E-state index contributed by atoms with van der Waals surface area (Å²) in [4.78, 5) is 0. The summed E-state index contributed by atoms with van der Waals surface area (Å²) in [6.45, 7) is 5.20. The highest BCUT2D eigenvalue weighted by molar-refractivity contribution is 7.80. The molecule has 0 spiro atoms. The minimum absolute atomic E-state index is 0.0349. The van der Waals surface area contributed by atoms with Gasteiger partial charge in [0.05, 0.1) is 0 Å². The second-order valence-electron chi connectivity index (χ2n) is 11.3. The molecule has 0 saturated heterocycles. The fourth-order valence-corrected chi connectivity index (χ4v) is 16.3. The van der Waals surface area contributed by atoms with Crippen LogP contribution in [0.25, 0.3) is 0 Å². The van der Waals surface area contributed by atoms with E-state index in [1.165, 1.54) is 31.8 Å². The number of benzene rings is 6. The molecule has 218 valence electrons. The number of hydrogen-bond acceptors (Lipinski definition) is 0. The van der Waals surface area contributed by atoms with E-state index >= 15 is 0 Å². The Kier molecular flexibility index (Phi) is 10.2. The third-order valence-corrected chi connectivity index (χ3v) is 18.0. The third-order valence-electron chi connectivity index (χ3n) is 8.51. The maximum absolute atomic E-state index is 2.63. The summed E-state index contributed by atoms with van der Waals surface area (Å²) in [5.74, 6) is 0. The Hall–Kier alpha value is -3.39. The summed E-state index contributed by atoms with van der Waals surface area (Å²) in [6.07, 6.45) is 1.10. The van der Waals surface area contributed by atoms with E-state index in [1.54, 1.807) is 0 Å². The highest BCUT2D eigenvalue weighted by Gasteiger charge is 2.46. The van der Waals surface area contributed by atoms with Gasteiger partial charge in [0.15, 0.2) is 0 Å². The fourth-order valence-electron chi connectivity index (χ4n) is 6.20. The van der Waals surface area contributed by atoms with Gasteiger partial charge in [-0.2, -0.15) is 0 Å². The SMILES string of the molecule is CC(P(c1ccccc1)c1ccccc1)C(C)(CP(c1ccccc1)c1ccccc1)P(c1ccccc1)c1ccccc1. The van der Waals surface area contributed by atoms with Crippen molar-refractivity contribution in [2.75, 3.05) is 6.16 Å². The van der Waals surface area contributed by atoms with Crippen LogP contribution in [0.2, 0.25) is 0 Å². The van der Waals surface area contributed by atoms with Gasteiger partial charge in [-0.15, -0.1) is 0 Å². The van der Waals surface area contributed by atoms with Crippen molar-refractivity contribution in [1.82, 2.24) is 0 Å². The maximum atomic E-state index is 2.63. The van der Waals surface area contributed by atoms with Gasteiger partial charge in [-0.3, -0.25) is 0 Å². The van der Waals surface area contributed by atoms with Crippen LogP contribution in [-0.4, -0.2) is 17.0 Å². The highest BCUT2D eigenvalue weighted by Crippen LogP contribution is 2.61. The van der Waals surface area contributed by atoms with Crippen LogP contribution in [0.15, 0.2) is 182 Å². The topological polar surface area (TPSA) is 0 Å². The Balaban J connectivity index is 1.60. The van der Waals surface area contributed by atoms with Crippen molar-refractivity contribution in [2.45, 2.75) is 24.7 Å². The van der Waals surface area contributed by atoms with Gasteiger partial charge in [0.1, 0.15) is 0 Å². The predicted molar refractivity (Wildman–Crippen MR) is 200 cm³/mol. The Labute approximate surface area is 267 Å². The molecule has 0 aliphatic carbocycles. The molecule has 0 heterocycles. The van der Waals surface area contributed by atoms with Crippen molar-refractivity contribution in [2.24, 2.45) is 0 Å². The van der Waals surface area contributed by atoms with Gasteiger partial charge in [-0.1, -0.05) is 196 Å². The standard InChI is InChI=1S/C41H39P3/c1-34(43(37-25-13-5-14-26-37)38-27-15-6-16-28-38)41(2,44(39-29-17-7-18-30-39)40-31-19-8-20-32-40)33-42(35-21-9-3-10-22-35)36-23-11-4-12-24-36/h3-32,34H,33H2,1-2H3. The second-order valence-corrected chi connectivity index (χ2v) is 18.8. The smallest absolute Gasteiger partial charge is 0.00733 e. The highest BCUT2D eigenvalue weighted by atomic mass is 31.1. The molecule has 0 nitrogen and oxygen atoms in total. The molecular formula is C41H39P3. The van der Waals surface area contributed by atoms with E-state index in [2.05, 4.69) is 196 Å². The third kappa shape index (κ3) is 6.80.